The number of benzene rings is 1. The van der Waals surface area contributed by atoms with Crippen molar-refractivity contribution < 1.29 is 17.9 Å². The molecule has 0 aliphatic carbocycles. The first-order valence-electron chi connectivity index (χ1n) is 7.39. The van der Waals surface area contributed by atoms with Gasteiger partial charge in [0, 0.05) is 6.20 Å². The fourth-order valence-corrected chi connectivity index (χ4v) is 3.16. The van der Waals surface area contributed by atoms with Crippen molar-refractivity contribution in [3.63, 3.8) is 0 Å². The first kappa shape index (κ1) is 16.4. The quantitative estimate of drug-likeness (QED) is 0.907. The van der Waals surface area contributed by atoms with E-state index in [1.165, 1.54) is 25.4 Å². The lowest BCUT2D eigenvalue weighted by Crippen LogP contribution is -2.42. The molecule has 1 atom stereocenters. The first-order valence-corrected chi connectivity index (χ1v) is 8.88. The summed E-state index contributed by atoms with van der Waals surface area (Å²) in [6, 6.07) is 10.1. The summed E-state index contributed by atoms with van der Waals surface area (Å²) >= 11 is 0. The minimum absolute atomic E-state index is 0.128. The van der Waals surface area contributed by atoms with E-state index >= 15 is 0 Å². The minimum atomic E-state index is -3.63. The van der Waals surface area contributed by atoms with Gasteiger partial charge >= 0.3 is 0 Å². The van der Waals surface area contributed by atoms with Crippen LogP contribution in [0, 0.1) is 0 Å². The number of pyridine rings is 1. The Labute approximate surface area is 140 Å². The Hall–Kier alpha value is -2.45. The van der Waals surface area contributed by atoms with Gasteiger partial charge < -0.3 is 9.64 Å². The van der Waals surface area contributed by atoms with Crippen molar-refractivity contribution in [2.75, 3.05) is 18.5 Å². The third-order valence-electron chi connectivity index (χ3n) is 3.70. The van der Waals surface area contributed by atoms with E-state index in [-0.39, 0.29) is 17.0 Å². The van der Waals surface area contributed by atoms with Crippen molar-refractivity contribution in [1.29, 1.82) is 0 Å². The molecule has 1 N–H and O–H groups in total. The van der Waals surface area contributed by atoms with Crippen LogP contribution in [0.1, 0.15) is 17.3 Å². The van der Waals surface area contributed by atoms with Crippen LogP contribution >= 0.6 is 0 Å². The molecule has 1 aromatic heterocycles. The van der Waals surface area contributed by atoms with E-state index in [9.17, 15) is 13.2 Å². The average molecular weight is 347 g/mol. The number of para-hydroxylation sites is 2. The lowest BCUT2D eigenvalue weighted by atomic mass is 10.1. The summed E-state index contributed by atoms with van der Waals surface area (Å²) in [4.78, 5) is 18.3. The number of anilines is 1. The Morgan fingerprint density at radius 3 is 2.71 bits per heavy atom. The topological polar surface area (TPSA) is 88.6 Å². The number of hydrogen-bond donors (Lipinski definition) is 1. The third-order valence-corrected chi connectivity index (χ3v) is 5.03. The van der Waals surface area contributed by atoms with Crippen molar-refractivity contribution in [2.45, 2.75) is 18.1 Å². The van der Waals surface area contributed by atoms with Gasteiger partial charge in [0.25, 0.3) is 15.9 Å². The normalized spacial score (nSPS) is 17.1. The Bertz CT molecular complexity index is 865. The van der Waals surface area contributed by atoms with Gasteiger partial charge in [-0.25, -0.2) is 18.1 Å². The summed E-state index contributed by atoms with van der Waals surface area (Å²) in [6.07, 6.45) is 1.13. The maximum absolute atomic E-state index is 12.8. The number of carbonyl (C=O) groups excluding carboxylic acids is 1. The first-order chi connectivity index (χ1) is 11.4. The number of ether oxygens (including phenoxy) is 1. The van der Waals surface area contributed by atoms with Crippen molar-refractivity contribution in [3.8, 4) is 5.75 Å². The molecule has 1 aliphatic rings. The van der Waals surface area contributed by atoms with Crippen LogP contribution in [0.4, 0.5) is 5.69 Å². The highest BCUT2D eigenvalue weighted by molar-refractivity contribution is 7.89. The molecule has 126 valence electrons. The molecule has 0 bridgehead atoms. The maximum atomic E-state index is 12.8. The summed E-state index contributed by atoms with van der Waals surface area (Å²) in [5, 5.41) is -0.128. The van der Waals surface area contributed by atoms with Crippen LogP contribution in [-0.2, 0) is 10.0 Å². The zero-order valence-electron chi connectivity index (χ0n) is 13.3. The summed E-state index contributed by atoms with van der Waals surface area (Å²) in [5.74, 6) is 0.394. The van der Waals surface area contributed by atoms with Gasteiger partial charge in [0.05, 0.1) is 17.8 Å². The second-order valence-corrected chi connectivity index (χ2v) is 7.24. The SMILES string of the molecule is CNS(=O)(=O)c1ccc(C(=O)N2C[C@@H](C)Oc3ccccc32)cn1. The number of carbonyl (C=O) groups is 1. The van der Waals surface area contributed by atoms with Crippen LogP contribution in [0.15, 0.2) is 47.6 Å². The van der Waals surface area contributed by atoms with E-state index in [1.54, 1.807) is 4.90 Å². The smallest absolute Gasteiger partial charge is 0.260 e. The van der Waals surface area contributed by atoms with Crippen molar-refractivity contribution in [2.24, 2.45) is 0 Å². The van der Waals surface area contributed by atoms with E-state index in [0.29, 0.717) is 23.5 Å². The predicted octanol–water partition coefficient (Wildman–Crippen LogP) is 1.42. The van der Waals surface area contributed by atoms with Crippen LogP contribution in [0.2, 0.25) is 0 Å². The Kier molecular flexibility index (Phi) is 4.25. The highest BCUT2D eigenvalue weighted by Crippen LogP contribution is 2.33. The lowest BCUT2D eigenvalue weighted by molar-refractivity contribution is 0.0960. The summed E-state index contributed by atoms with van der Waals surface area (Å²) in [7, 11) is -2.32. The monoisotopic (exact) mass is 347 g/mol. The van der Waals surface area contributed by atoms with E-state index in [0.717, 1.165) is 0 Å². The Balaban J connectivity index is 1.93. The predicted molar refractivity (Wildman–Crippen MR) is 88.7 cm³/mol. The van der Waals surface area contributed by atoms with Gasteiger partial charge in [-0.2, -0.15) is 0 Å². The van der Waals surface area contributed by atoms with Gasteiger partial charge in [0.15, 0.2) is 5.03 Å². The molecule has 3 rings (SSSR count). The molecule has 0 fully saturated rings. The number of hydrogen-bond acceptors (Lipinski definition) is 5. The van der Waals surface area contributed by atoms with E-state index in [1.807, 2.05) is 31.2 Å². The summed E-state index contributed by atoms with van der Waals surface area (Å²) < 4.78 is 31.3. The molecule has 2 heterocycles. The zero-order valence-corrected chi connectivity index (χ0v) is 14.1. The van der Waals surface area contributed by atoms with Crippen LogP contribution in [0.3, 0.4) is 0 Å². The molecule has 0 spiro atoms. The summed E-state index contributed by atoms with van der Waals surface area (Å²) in [6.45, 7) is 2.30. The molecule has 7 nitrogen and oxygen atoms in total. The molecule has 8 heteroatoms. The number of fused-ring (bicyclic) bond motifs is 1. The van der Waals surface area contributed by atoms with E-state index in [4.69, 9.17) is 4.74 Å². The van der Waals surface area contributed by atoms with Crippen LogP contribution in [-0.4, -0.2) is 39.0 Å². The fraction of sp³-hybridized carbons (Fsp3) is 0.250. The van der Waals surface area contributed by atoms with Crippen molar-refractivity contribution >= 4 is 21.6 Å². The van der Waals surface area contributed by atoms with Gasteiger partial charge in [-0.1, -0.05) is 12.1 Å². The number of rotatable bonds is 3. The van der Waals surface area contributed by atoms with Gasteiger partial charge in [-0.05, 0) is 38.2 Å². The highest BCUT2D eigenvalue weighted by Gasteiger charge is 2.28. The minimum Gasteiger partial charge on any atom is -0.487 e. The second kappa shape index (κ2) is 6.21. The Morgan fingerprint density at radius 1 is 1.29 bits per heavy atom. The highest BCUT2D eigenvalue weighted by atomic mass is 32.2. The van der Waals surface area contributed by atoms with Crippen molar-refractivity contribution in [3.05, 3.63) is 48.2 Å². The molecular formula is C16H17N3O4S. The molecule has 2 aromatic rings. The molecule has 0 unspecified atom stereocenters. The van der Waals surface area contributed by atoms with Gasteiger partial charge in [-0.15, -0.1) is 0 Å². The molecule has 0 saturated carbocycles. The zero-order chi connectivity index (χ0) is 17.3. The van der Waals surface area contributed by atoms with E-state index < -0.39 is 10.0 Å². The van der Waals surface area contributed by atoms with E-state index in [2.05, 4.69) is 9.71 Å². The molecule has 24 heavy (non-hydrogen) atoms. The molecule has 1 aliphatic heterocycles. The van der Waals surface area contributed by atoms with Gasteiger partial charge in [-0.3, -0.25) is 4.79 Å². The molecule has 1 amide bonds. The lowest BCUT2D eigenvalue weighted by Gasteiger charge is -2.33. The van der Waals surface area contributed by atoms with Gasteiger partial charge in [0.1, 0.15) is 11.9 Å². The van der Waals surface area contributed by atoms with Crippen LogP contribution < -0.4 is 14.4 Å². The van der Waals surface area contributed by atoms with Crippen LogP contribution in [0.5, 0.6) is 5.75 Å². The largest absolute Gasteiger partial charge is 0.487 e. The van der Waals surface area contributed by atoms with Crippen LogP contribution in [0.25, 0.3) is 0 Å². The number of amides is 1. The third kappa shape index (κ3) is 2.98. The number of nitrogens with zero attached hydrogens (tertiary/aromatic N) is 2. The average Bonchev–Trinajstić information content (AvgIpc) is 2.60. The molecular weight excluding hydrogens is 330 g/mol. The molecule has 0 saturated heterocycles. The van der Waals surface area contributed by atoms with Crippen molar-refractivity contribution in [1.82, 2.24) is 9.71 Å². The molecule has 1 aromatic carbocycles. The summed E-state index contributed by atoms with van der Waals surface area (Å²) in [5.41, 5.74) is 1.00. The fourth-order valence-electron chi connectivity index (χ4n) is 2.51. The standard InChI is InChI=1S/C16H17N3O4S/c1-11-10-19(13-5-3-4-6-14(13)23-11)16(20)12-7-8-15(18-9-12)24(21,22)17-2/h3-9,11,17H,10H2,1-2H3/t11-/m1/s1. The maximum Gasteiger partial charge on any atom is 0.260 e. The second-order valence-electron chi connectivity index (χ2n) is 5.40. The number of nitrogens with one attached hydrogen (secondary N) is 1. The number of aromatic nitrogens is 1. The molecule has 0 radical (unpaired) electrons. The Morgan fingerprint density at radius 2 is 2.04 bits per heavy atom. The number of sulfonamides is 1. The van der Waals surface area contributed by atoms with Gasteiger partial charge in [0.2, 0.25) is 0 Å².